The van der Waals surface area contributed by atoms with E-state index < -0.39 is 5.97 Å². The molecule has 0 N–H and O–H groups in total. The standard InChI is InChI=1S/C27H31NO7/c1-6-28(7-2)8-9-32-25-14-21-19(12-24(25)31-5)10-18(11-23(21)35-17(3)29)20-13-26-27(34-16-33-26)15-22(20)30-4/h10-15H,6-9,16H2,1-5H3. The summed E-state index contributed by atoms with van der Waals surface area (Å²) in [5, 5.41) is 1.56. The number of carbonyl (C=O) groups excluding carboxylic acids is 1. The molecule has 186 valence electrons. The molecular formula is C27H31NO7. The Bertz CT molecular complexity index is 1220. The molecule has 0 saturated carbocycles. The molecule has 0 fully saturated rings. The van der Waals surface area contributed by atoms with Gasteiger partial charge in [-0.15, -0.1) is 0 Å². The van der Waals surface area contributed by atoms with Crippen molar-refractivity contribution in [1.82, 2.24) is 4.90 Å². The lowest BCUT2D eigenvalue weighted by atomic mass is 9.98. The topological polar surface area (TPSA) is 75.7 Å². The molecule has 0 aromatic heterocycles. The lowest BCUT2D eigenvalue weighted by Crippen LogP contribution is -2.27. The smallest absolute Gasteiger partial charge is 0.308 e. The Labute approximate surface area is 205 Å². The summed E-state index contributed by atoms with van der Waals surface area (Å²) in [6, 6.07) is 11.2. The van der Waals surface area contributed by atoms with Gasteiger partial charge in [-0.05, 0) is 54.4 Å². The molecule has 0 amide bonds. The molecule has 0 spiro atoms. The van der Waals surface area contributed by atoms with E-state index in [0.29, 0.717) is 41.1 Å². The Kier molecular flexibility index (Phi) is 7.51. The van der Waals surface area contributed by atoms with Crippen LogP contribution in [0.25, 0.3) is 21.9 Å². The van der Waals surface area contributed by atoms with E-state index in [4.69, 9.17) is 28.4 Å². The highest BCUT2D eigenvalue weighted by Gasteiger charge is 2.21. The largest absolute Gasteiger partial charge is 0.496 e. The minimum absolute atomic E-state index is 0.159. The number of hydrogen-bond acceptors (Lipinski definition) is 8. The molecule has 3 aromatic rings. The van der Waals surface area contributed by atoms with Crippen LogP contribution in [0.1, 0.15) is 20.8 Å². The Morgan fingerprint density at radius 2 is 1.60 bits per heavy atom. The maximum Gasteiger partial charge on any atom is 0.308 e. The van der Waals surface area contributed by atoms with Crippen LogP contribution < -0.4 is 28.4 Å². The van der Waals surface area contributed by atoms with Gasteiger partial charge < -0.3 is 33.3 Å². The van der Waals surface area contributed by atoms with Crippen molar-refractivity contribution < 1.29 is 33.2 Å². The van der Waals surface area contributed by atoms with Crippen LogP contribution >= 0.6 is 0 Å². The lowest BCUT2D eigenvalue weighted by Gasteiger charge is -2.19. The fourth-order valence-electron chi connectivity index (χ4n) is 4.15. The molecule has 0 atom stereocenters. The third-order valence-corrected chi connectivity index (χ3v) is 6.02. The fraction of sp³-hybridized carbons (Fsp3) is 0.370. The summed E-state index contributed by atoms with van der Waals surface area (Å²) in [4.78, 5) is 14.2. The van der Waals surface area contributed by atoms with Crippen LogP contribution in [0.3, 0.4) is 0 Å². The first-order valence-electron chi connectivity index (χ1n) is 11.6. The molecule has 0 saturated heterocycles. The maximum absolute atomic E-state index is 12.0. The number of esters is 1. The van der Waals surface area contributed by atoms with Gasteiger partial charge in [-0.2, -0.15) is 0 Å². The molecular weight excluding hydrogens is 450 g/mol. The first kappa shape index (κ1) is 24.5. The van der Waals surface area contributed by atoms with E-state index in [-0.39, 0.29) is 6.79 Å². The van der Waals surface area contributed by atoms with E-state index in [1.54, 1.807) is 20.3 Å². The van der Waals surface area contributed by atoms with Crippen molar-refractivity contribution in [3.8, 4) is 45.6 Å². The van der Waals surface area contributed by atoms with Gasteiger partial charge in [0.25, 0.3) is 0 Å². The predicted molar refractivity (Wildman–Crippen MR) is 133 cm³/mol. The normalized spacial score (nSPS) is 12.2. The molecule has 0 bridgehead atoms. The van der Waals surface area contributed by atoms with E-state index in [1.807, 2.05) is 30.3 Å². The van der Waals surface area contributed by atoms with Crippen molar-refractivity contribution in [3.63, 3.8) is 0 Å². The Morgan fingerprint density at radius 3 is 2.26 bits per heavy atom. The highest BCUT2D eigenvalue weighted by atomic mass is 16.7. The third kappa shape index (κ3) is 5.22. The van der Waals surface area contributed by atoms with Crippen molar-refractivity contribution in [1.29, 1.82) is 0 Å². The number of hydrogen-bond donors (Lipinski definition) is 0. The molecule has 0 unspecified atom stereocenters. The van der Waals surface area contributed by atoms with E-state index in [2.05, 4.69) is 18.7 Å². The summed E-state index contributed by atoms with van der Waals surface area (Å²) >= 11 is 0. The summed E-state index contributed by atoms with van der Waals surface area (Å²) in [6.07, 6.45) is 0. The summed E-state index contributed by atoms with van der Waals surface area (Å²) in [7, 11) is 3.20. The molecule has 35 heavy (non-hydrogen) atoms. The number of fused-ring (bicyclic) bond motifs is 2. The van der Waals surface area contributed by atoms with Crippen LogP contribution in [0.2, 0.25) is 0 Å². The van der Waals surface area contributed by atoms with Gasteiger partial charge in [0, 0.05) is 30.5 Å². The van der Waals surface area contributed by atoms with Gasteiger partial charge in [-0.3, -0.25) is 4.79 Å². The first-order chi connectivity index (χ1) is 17.0. The number of rotatable bonds is 10. The summed E-state index contributed by atoms with van der Waals surface area (Å²) in [5.41, 5.74) is 1.58. The second-order valence-corrected chi connectivity index (χ2v) is 8.07. The zero-order valence-corrected chi connectivity index (χ0v) is 20.8. The van der Waals surface area contributed by atoms with Crippen molar-refractivity contribution in [3.05, 3.63) is 36.4 Å². The predicted octanol–water partition coefficient (Wildman–Crippen LogP) is 4.90. The Hall–Kier alpha value is -3.65. The van der Waals surface area contributed by atoms with E-state index in [9.17, 15) is 4.79 Å². The van der Waals surface area contributed by atoms with Gasteiger partial charge in [-0.1, -0.05) is 13.8 Å². The molecule has 1 aliphatic heterocycles. The van der Waals surface area contributed by atoms with Crippen LogP contribution in [-0.4, -0.2) is 58.1 Å². The quantitative estimate of drug-likeness (QED) is 0.299. The second kappa shape index (κ2) is 10.7. The van der Waals surface area contributed by atoms with Gasteiger partial charge in [0.1, 0.15) is 18.1 Å². The molecule has 0 aliphatic carbocycles. The number of nitrogens with zero attached hydrogens (tertiary/aromatic N) is 1. The third-order valence-electron chi connectivity index (χ3n) is 6.02. The molecule has 0 radical (unpaired) electrons. The average molecular weight is 482 g/mol. The van der Waals surface area contributed by atoms with Gasteiger partial charge in [-0.25, -0.2) is 0 Å². The maximum atomic E-state index is 12.0. The van der Waals surface area contributed by atoms with Crippen molar-refractivity contribution >= 4 is 16.7 Å². The highest BCUT2D eigenvalue weighted by Crippen LogP contribution is 2.45. The molecule has 4 rings (SSSR count). The van der Waals surface area contributed by atoms with Crippen molar-refractivity contribution in [2.45, 2.75) is 20.8 Å². The monoisotopic (exact) mass is 481 g/mol. The highest BCUT2D eigenvalue weighted by molar-refractivity contribution is 5.97. The lowest BCUT2D eigenvalue weighted by molar-refractivity contribution is -0.131. The number of likely N-dealkylation sites (N-methyl/N-ethyl adjacent to an activating group) is 1. The Balaban J connectivity index is 1.79. The SMILES string of the molecule is CCN(CC)CCOc1cc2c(OC(C)=O)cc(-c3cc4c(cc3OC)OCO4)cc2cc1OC. The second-order valence-electron chi connectivity index (χ2n) is 8.07. The number of methoxy groups -OCH3 is 2. The zero-order chi connectivity index (χ0) is 24.9. The Morgan fingerprint density at radius 1 is 0.886 bits per heavy atom. The summed E-state index contributed by atoms with van der Waals surface area (Å²) in [5.74, 6) is 3.06. The molecule has 8 nitrogen and oxygen atoms in total. The first-order valence-corrected chi connectivity index (χ1v) is 11.6. The van der Waals surface area contributed by atoms with Crippen LogP contribution in [0.15, 0.2) is 36.4 Å². The van der Waals surface area contributed by atoms with Crippen LogP contribution in [-0.2, 0) is 4.79 Å². The molecule has 1 aliphatic rings. The number of ether oxygens (including phenoxy) is 6. The van der Waals surface area contributed by atoms with Crippen LogP contribution in [0, 0.1) is 0 Å². The summed E-state index contributed by atoms with van der Waals surface area (Å²) < 4.78 is 34.0. The van der Waals surface area contributed by atoms with Gasteiger partial charge in [0.15, 0.2) is 23.0 Å². The van der Waals surface area contributed by atoms with Gasteiger partial charge in [0.05, 0.1) is 14.2 Å². The average Bonchev–Trinajstić information content (AvgIpc) is 3.32. The van der Waals surface area contributed by atoms with Crippen molar-refractivity contribution in [2.75, 3.05) is 47.3 Å². The summed E-state index contributed by atoms with van der Waals surface area (Å²) in [6.45, 7) is 9.01. The molecule has 8 heteroatoms. The number of carbonyl (C=O) groups is 1. The minimum atomic E-state index is -0.416. The molecule has 3 aromatic carbocycles. The van der Waals surface area contributed by atoms with E-state index >= 15 is 0 Å². The molecule has 1 heterocycles. The van der Waals surface area contributed by atoms with Crippen LogP contribution in [0.5, 0.6) is 34.5 Å². The zero-order valence-electron chi connectivity index (χ0n) is 20.8. The van der Waals surface area contributed by atoms with Crippen LogP contribution in [0.4, 0.5) is 0 Å². The van der Waals surface area contributed by atoms with Crippen molar-refractivity contribution in [2.24, 2.45) is 0 Å². The van der Waals surface area contributed by atoms with E-state index in [1.165, 1.54) is 6.92 Å². The van der Waals surface area contributed by atoms with Gasteiger partial charge >= 0.3 is 5.97 Å². The number of benzene rings is 3. The minimum Gasteiger partial charge on any atom is -0.496 e. The fourth-order valence-corrected chi connectivity index (χ4v) is 4.15. The van der Waals surface area contributed by atoms with E-state index in [0.717, 1.165) is 41.5 Å². The van der Waals surface area contributed by atoms with Gasteiger partial charge in [0.2, 0.25) is 6.79 Å².